The number of nitrogens with one attached hydrogen (secondary N) is 1. The molecule has 3 heterocycles. The van der Waals surface area contributed by atoms with E-state index in [0.717, 1.165) is 5.69 Å². The zero-order valence-electron chi connectivity index (χ0n) is 15.2. The molecule has 0 unspecified atom stereocenters. The third kappa shape index (κ3) is 2.58. The van der Waals surface area contributed by atoms with Crippen molar-refractivity contribution in [2.75, 3.05) is 11.4 Å². The molecule has 1 spiro atoms. The van der Waals surface area contributed by atoms with Crippen LogP contribution in [0, 0.1) is 15.5 Å². The number of nitrogens with zero attached hydrogens (tertiary/aromatic N) is 2. The normalized spacial score (nSPS) is 32.0. The number of nitro benzene ring substituents is 1. The van der Waals surface area contributed by atoms with Crippen LogP contribution in [-0.2, 0) is 25.5 Å². The van der Waals surface area contributed by atoms with E-state index < -0.39 is 46.5 Å². The van der Waals surface area contributed by atoms with Crippen molar-refractivity contribution in [1.29, 1.82) is 0 Å². The highest BCUT2D eigenvalue weighted by atomic mass is 79.9. The molecule has 3 aliphatic rings. The summed E-state index contributed by atoms with van der Waals surface area (Å²) in [7, 11) is 0. The number of ether oxygens (including phenoxy) is 1. The zero-order valence-corrected chi connectivity index (χ0v) is 16.8. The quantitative estimate of drug-likeness (QED) is 0.297. The van der Waals surface area contributed by atoms with E-state index in [1.165, 1.54) is 6.07 Å². The molecule has 1 aromatic rings. The van der Waals surface area contributed by atoms with Gasteiger partial charge >= 0.3 is 0 Å². The van der Waals surface area contributed by atoms with Crippen molar-refractivity contribution < 1.29 is 24.0 Å². The number of imide groups is 1. The Kier molecular flexibility index (Phi) is 4.31. The summed E-state index contributed by atoms with van der Waals surface area (Å²) in [4.78, 5) is 50.6. The summed E-state index contributed by atoms with van der Waals surface area (Å²) in [5.74, 6) is -1.76. The van der Waals surface area contributed by atoms with Crippen LogP contribution < -0.4 is 10.2 Å². The summed E-state index contributed by atoms with van der Waals surface area (Å²) in [6, 6.07) is 2.46. The van der Waals surface area contributed by atoms with Crippen LogP contribution >= 0.6 is 15.9 Å². The smallest absolute Gasteiger partial charge is 0.283 e. The fourth-order valence-corrected chi connectivity index (χ4v) is 5.26. The molecule has 1 aromatic carbocycles. The van der Waals surface area contributed by atoms with Gasteiger partial charge in [-0.15, -0.1) is 0 Å². The van der Waals surface area contributed by atoms with Crippen LogP contribution in [0.1, 0.15) is 25.8 Å². The number of rotatable bonds is 1. The number of amides is 2. The van der Waals surface area contributed by atoms with Crippen LogP contribution in [0.2, 0.25) is 0 Å². The minimum absolute atomic E-state index is 0.0162. The Bertz CT molecular complexity index is 912. The van der Waals surface area contributed by atoms with Crippen LogP contribution in [-0.4, -0.2) is 47.3 Å². The van der Waals surface area contributed by atoms with Crippen molar-refractivity contribution >= 4 is 44.9 Å². The molecule has 0 bridgehead atoms. The van der Waals surface area contributed by atoms with Crippen LogP contribution in [0.5, 0.6) is 0 Å². The van der Waals surface area contributed by atoms with Crippen molar-refractivity contribution in [3.63, 3.8) is 0 Å². The van der Waals surface area contributed by atoms with Gasteiger partial charge < -0.3 is 9.64 Å². The number of ketones is 1. The Balaban J connectivity index is 1.95. The Morgan fingerprint density at radius 2 is 2.04 bits per heavy atom. The topological polar surface area (TPSA) is 119 Å². The maximum Gasteiger partial charge on any atom is 0.283 e. The van der Waals surface area contributed by atoms with Crippen molar-refractivity contribution in [3.8, 4) is 0 Å². The number of hydrogen-bond donors (Lipinski definition) is 1. The van der Waals surface area contributed by atoms with Gasteiger partial charge in [-0.3, -0.25) is 29.8 Å². The minimum atomic E-state index is -1.53. The number of hydrogen-bond acceptors (Lipinski definition) is 7. The molecule has 2 saturated heterocycles. The molecule has 148 valence electrons. The van der Waals surface area contributed by atoms with Gasteiger partial charge in [0.05, 0.1) is 34.1 Å². The van der Waals surface area contributed by atoms with E-state index in [9.17, 15) is 24.5 Å². The number of carbonyl (C=O) groups excluding carboxylic acids is 3. The van der Waals surface area contributed by atoms with Gasteiger partial charge in [0.1, 0.15) is 5.41 Å². The van der Waals surface area contributed by atoms with Crippen molar-refractivity contribution in [3.05, 3.63) is 32.3 Å². The standard InChI is InChI=1S/C18H18BrN3O6/c1-8-7-21-12-4-11(19)13(22(26)27)3-10(12)6-18(16(21)9(2)28-8)14(23)5-15(24)20-17(18)25/h3-4,8-9,16H,5-7H2,1-2H3,(H,20,24,25)/t8-,9+,16-,18-/m1/s1. The lowest BCUT2D eigenvalue weighted by Gasteiger charge is -2.55. The SMILES string of the molecule is C[C@@H]1CN2c3cc(Br)c([N+](=O)[O-])cc3C[C@@]3(C(=O)CC(=O)NC3=O)[C@H]2[C@H](C)O1. The second-order valence-corrected chi connectivity index (χ2v) is 8.42. The summed E-state index contributed by atoms with van der Waals surface area (Å²) in [6.07, 6.45) is -1.02. The maximum absolute atomic E-state index is 13.1. The molecule has 10 heteroatoms. The van der Waals surface area contributed by atoms with E-state index in [1.54, 1.807) is 13.0 Å². The number of nitro groups is 1. The Hall–Kier alpha value is -2.33. The molecule has 0 aromatic heterocycles. The molecule has 2 amide bonds. The summed E-state index contributed by atoms with van der Waals surface area (Å²) in [6.45, 7) is 4.11. The van der Waals surface area contributed by atoms with Gasteiger partial charge in [0, 0.05) is 18.3 Å². The third-order valence-electron chi connectivity index (χ3n) is 5.79. The van der Waals surface area contributed by atoms with Gasteiger partial charge in [-0.25, -0.2) is 0 Å². The fourth-order valence-electron chi connectivity index (χ4n) is 4.78. The number of morpholine rings is 1. The molecule has 0 saturated carbocycles. The van der Waals surface area contributed by atoms with E-state index in [1.807, 2.05) is 11.8 Å². The summed E-state index contributed by atoms with van der Waals surface area (Å²) in [5.41, 5.74) is -0.401. The van der Waals surface area contributed by atoms with E-state index in [4.69, 9.17) is 4.74 Å². The zero-order chi connectivity index (χ0) is 20.4. The van der Waals surface area contributed by atoms with Gasteiger partial charge in [-0.1, -0.05) is 0 Å². The molecule has 4 atom stereocenters. The van der Waals surface area contributed by atoms with E-state index in [2.05, 4.69) is 21.2 Å². The first-order chi connectivity index (χ1) is 13.1. The van der Waals surface area contributed by atoms with Crippen LogP contribution in [0.3, 0.4) is 0 Å². The number of benzene rings is 1. The number of fused-ring (bicyclic) bond motifs is 4. The molecule has 0 aliphatic carbocycles. The highest BCUT2D eigenvalue weighted by Gasteiger charge is 2.62. The van der Waals surface area contributed by atoms with Gasteiger partial charge in [0.2, 0.25) is 11.8 Å². The molecular weight excluding hydrogens is 434 g/mol. The minimum Gasteiger partial charge on any atom is -0.372 e. The Labute approximate surface area is 168 Å². The average Bonchev–Trinajstić information content (AvgIpc) is 2.58. The molecule has 1 N–H and O–H groups in total. The second kappa shape index (κ2) is 6.35. The molecule has 3 aliphatic heterocycles. The molecule has 2 fully saturated rings. The van der Waals surface area contributed by atoms with Crippen LogP contribution in [0.15, 0.2) is 16.6 Å². The summed E-state index contributed by atoms with van der Waals surface area (Å²) >= 11 is 3.25. The monoisotopic (exact) mass is 451 g/mol. The second-order valence-electron chi connectivity index (χ2n) is 7.56. The largest absolute Gasteiger partial charge is 0.372 e. The summed E-state index contributed by atoms with van der Waals surface area (Å²) in [5, 5.41) is 13.7. The highest BCUT2D eigenvalue weighted by molar-refractivity contribution is 9.10. The molecular formula is C18H18BrN3O6. The van der Waals surface area contributed by atoms with Gasteiger partial charge in [0.25, 0.3) is 5.69 Å². The first-order valence-electron chi connectivity index (χ1n) is 8.91. The highest BCUT2D eigenvalue weighted by Crippen LogP contribution is 2.49. The van der Waals surface area contributed by atoms with Gasteiger partial charge in [0.15, 0.2) is 5.78 Å². The van der Waals surface area contributed by atoms with Crippen LogP contribution in [0.25, 0.3) is 0 Å². The Morgan fingerprint density at radius 3 is 2.68 bits per heavy atom. The number of carbonyl (C=O) groups is 3. The predicted octanol–water partition coefficient (Wildman–Crippen LogP) is 1.50. The van der Waals surface area contributed by atoms with Crippen molar-refractivity contribution in [2.45, 2.75) is 44.9 Å². The van der Waals surface area contributed by atoms with Crippen LogP contribution in [0.4, 0.5) is 11.4 Å². The molecule has 0 radical (unpaired) electrons. The van der Waals surface area contributed by atoms with Gasteiger partial charge in [-0.05, 0) is 47.8 Å². The van der Waals surface area contributed by atoms with E-state index in [0.29, 0.717) is 16.6 Å². The lowest BCUT2D eigenvalue weighted by atomic mass is 9.63. The van der Waals surface area contributed by atoms with Gasteiger partial charge in [-0.2, -0.15) is 0 Å². The lowest BCUT2D eigenvalue weighted by Crippen LogP contribution is -2.72. The average molecular weight is 452 g/mol. The maximum atomic E-state index is 13.1. The number of Topliss-reactive ketones (excluding diaryl/α,β-unsaturated/α-hetero) is 1. The molecule has 9 nitrogen and oxygen atoms in total. The number of piperidine rings is 1. The molecule has 4 rings (SSSR count). The fraction of sp³-hybridized carbons (Fsp3) is 0.500. The number of halogens is 1. The Morgan fingerprint density at radius 1 is 1.32 bits per heavy atom. The third-order valence-corrected chi connectivity index (χ3v) is 6.42. The van der Waals surface area contributed by atoms with Crippen molar-refractivity contribution in [1.82, 2.24) is 5.32 Å². The first kappa shape index (κ1) is 19.0. The predicted molar refractivity (Wildman–Crippen MR) is 101 cm³/mol. The summed E-state index contributed by atoms with van der Waals surface area (Å²) < 4.78 is 6.26. The molecule has 28 heavy (non-hydrogen) atoms. The lowest BCUT2D eigenvalue weighted by molar-refractivity contribution is -0.385. The van der Waals surface area contributed by atoms with Crippen molar-refractivity contribution in [2.24, 2.45) is 5.41 Å². The first-order valence-corrected chi connectivity index (χ1v) is 9.71. The number of anilines is 1. The van der Waals surface area contributed by atoms with E-state index >= 15 is 0 Å². The van der Waals surface area contributed by atoms with E-state index in [-0.39, 0.29) is 18.2 Å².